The van der Waals surface area contributed by atoms with Gasteiger partial charge in [0.05, 0.1) is 19.6 Å². The van der Waals surface area contributed by atoms with Gasteiger partial charge < -0.3 is 18.9 Å². The van der Waals surface area contributed by atoms with Crippen molar-refractivity contribution >= 4 is 22.7 Å². The van der Waals surface area contributed by atoms with Crippen molar-refractivity contribution in [1.29, 1.82) is 0 Å². The van der Waals surface area contributed by atoms with E-state index < -0.39 is 11.9 Å². The lowest BCUT2D eigenvalue weighted by Crippen LogP contribution is -2.08. The quantitative estimate of drug-likeness (QED) is 0.639. The Balaban J connectivity index is 2.82. The van der Waals surface area contributed by atoms with Crippen molar-refractivity contribution in [3.05, 3.63) is 24.3 Å². The maximum absolute atomic E-state index is 11.4. The molecular formula is C16H16O6. The van der Waals surface area contributed by atoms with E-state index in [1.165, 1.54) is 28.1 Å². The third-order valence-electron chi connectivity index (χ3n) is 2.96. The summed E-state index contributed by atoms with van der Waals surface area (Å²) in [6.45, 7) is 2.54. The van der Waals surface area contributed by atoms with E-state index in [1.54, 1.807) is 24.3 Å². The van der Waals surface area contributed by atoms with Crippen LogP contribution in [0, 0.1) is 0 Å². The van der Waals surface area contributed by atoms with Crippen LogP contribution in [0.1, 0.15) is 13.8 Å². The van der Waals surface area contributed by atoms with Gasteiger partial charge in [-0.3, -0.25) is 9.59 Å². The summed E-state index contributed by atoms with van der Waals surface area (Å²) in [6.07, 6.45) is 0. The van der Waals surface area contributed by atoms with Crippen molar-refractivity contribution in [3.63, 3.8) is 0 Å². The van der Waals surface area contributed by atoms with Crippen molar-refractivity contribution < 1.29 is 28.5 Å². The van der Waals surface area contributed by atoms with Crippen molar-refractivity contribution in [2.24, 2.45) is 0 Å². The van der Waals surface area contributed by atoms with Crippen molar-refractivity contribution in [1.82, 2.24) is 0 Å². The summed E-state index contributed by atoms with van der Waals surface area (Å²) in [6, 6.07) is 6.68. The number of esters is 2. The number of carbonyl (C=O) groups is 2. The first kappa shape index (κ1) is 15.6. The van der Waals surface area contributed by atoms with Gasteiger partial charge in [-0.1, -0.05) is 0 Å². The molecule has 0 N–H and O–H groups in total. The van der Waals surface area contributed by atoms with Crippen LogP contribution in [0.5, 0.6) is 23.0 Å². The van der Waals surface area contributed by atoms with Gasteiger partial charge in [0.15, 0.2) is 11.5 Å². The standard InChI is InChI=1S/C16H16O6/c1-9(17)21-14-6-5-11-12(19-3)7-8-13(20-4)15(11)16(14)22-10(2)18/h5-8H,1-4H3. The molecule has 0 saturated carbocycles. The molecule has 0 fully saturated rings. The van der Waals surface area contributed by atoms with Gasteiger partial charge in [-0.05, 0) is 24.3 Å². The minimum absolute atomic E-state index is 0.121. The predicted octanol–water partition coefficient (Wildman–Crippen LogP) is 2.71. The van der Waals surface area contributed by atoms with E-state index in [-0.39, 0.29) is 11.5 Å². The third kappa shape index (κ3) is 2.95. The maximum atomic E-state index is 11.4. The SMILES string of the molecule is COc1ccc(OC)c2c(OC(C)=O)c(OC(C)=O)ccc12. The Labute approximate surface area is 127 Å². The minimum Gasteiger partial charge on any atom is -0.496 e. The summed E-state index contributed by atoms with van der Waals surface area (Å²) in [5.41, 5.74) is 0. The highest BCUT2D eigenvalue weighted by atomic mass is 16.6. The maximum Gasteiger partial charge on any atom is 0.308 e. The summed E-state index contributed by atoms with van der Waals surface area (Å²) in [7, 11) is 3.03. The van der Waals surface area contributed by atoms with Crippen LogP contribution < -0.4 is 18.9 Å². The average Bonchev–Trinajstić information content (AvgIpc) is 2.47. The second-order valence-electron chi connectivity index (χ2n) is 4.47. The zero-order valence-electron chi connectivity index (χ0n) is 12.8. The molecule has 0 aromatic heterocycles. The van der Waals surface area contributed by atoms with Gasteiger partial charge >= 0.3 is 11.9 Å². The summed E-state index contributed by atoms with van der Waals surface area (Å²) in [5.74, 6) is 0.262. The summed E-state index contributed by atoms with van der Waals surface area (Å²) < 4.78 is 21.0. The fourth-order valence-electron chi connectivity index (χ4n) is 2.17. The van der Waals surface area contributed by atoms with Crippen LogP contribution in [0.4, 0.5) is 0 Å². The molecule has 2 aromatic rings. The van der Waals surface area contributed by atoms with Gasteiger partial charge in [-0.2, -0.15) is 0 Å². The average molecular weight is 304 g/mol. The molecule has 0 unspecified atom stereocenters. The van der Waals surface area contributed by atoms with E-state index in [0.717, 1.165) is 0 Å². The fourth-order valence-corrected chi connectivity index (χ4v) is 2.17. The van der Waals surface area contributed by atoms with Crippen LogP contribution in [0.2, 0.25) is 0 Å². The van der Waals surface area contributed by atoms with Crippen molar-refractivity contribution in [2.75, 3.05) is 14.2 Å². The second-order valence-corrected chi connectivity index (χ2v) is 4.47. The number of rotatable bonds is 4. The Morgan fingerprint density at radius 2 is 1.32 bits per heavy atom. The Morgan fingerprint density at radius 1 is 0.773 bits per heavy atom. The van der Waals surface area contributed by atoms with Crippen molar-refractivity contribution in [3.8, 4) is 23.0 Å². The molecule has 6 nitrogen and oxygen atoms in total. The lowest BCUT2D eigenvalue weighted by atomic mass is 10.1. The van der Waals surface area contributed by atoms with E-state index in [0.29, 0.717) is 22.3 Å². The van der Waals surface area contributed by atoms with Gasteiger partial charge in [0.1, 0.15) is 11.5 Å². The molecule has 0 bridgehead atoms. The normalized spacial score (nSPS) is 10.2. The number of carbonyl (C=O) groups excluding carboxylic acids is 2. The number of hydrogen-bond donors (Lipinski definition) is 0. The molecule has 0 amide bonds. The van der Waals surface area contributed by atoms with E-state index in [9.17, 15) is 9.59 Å². The summed E-state index contributed by atoms with van der Waals surface area (Å²) >= 11 is 0. The van der Waals surface area contributed by atoms with Crippen LogP contribution in [-0.4, -0.2) is 26.2 Å². The molecule has 2 aromatic carbocycles. The van der Waals surface area contributed by atoms with Gasteiger partial charge in [0.25, 0.3) is 0 Å². The number of ether oxygens (including phenoxy) is 4. The van der Waals surface area contributed by atoms with Gasteiger partial charge in [0, 0.05) is 19.2 Å². The molecule has 0 saturated heterocycles. The first-order valence-electron chi connectivity index (χ1n) is 6.52. The number of fused-ring (bicyclic) bond motifs is 1. The summed E-state index contributed by atoms with van der Waals surface area (Å²) in [4.78, 5) is 22.7. The molecule has 0 heterocycles. The largest absolute Gasteiger partial charge is 0.496 e. The van der Waals surface area contributed by atoms with Crippen LogP contribution in [0.3, 0.4) is 0 Å². The first-order valence-corrected chi connectivity index (χ1v) is 6.52. The van der Waals surface area contributed by atoms with E-state index in [1.807, 2.05) is 0 Å². The van der Waals surface area contributed by atoms with Crippen LogP contribution in [0.15, 0.2) is 24.3 Å². The molecule has 0 aliphatic heterocycles. The lowest BCUT2D eigenvalue weighted by molar-refractivity contribution is -0.134. The van der Waals surface area contributed by atoms with Crippen LogP contribution in [0.25, 0.3) is 10.8 Å². The Morgan fingerprint density at radius 3 is 1.86 bits per heavy atom. The number of methoxy groups -OCH3 is 2. The monoisotopic (exact) mass is 304 g/mol. The van der Waals surface area contributed by atoms with Crippen LogP contribution >= 0.6 is 0 Å². The first-order chi connectivity index (χ1) is 10.5. The van der Waals surface area contributed by atoms with E-state index in [2.05, 4.69) is 0 Å². The molecule has 0 radical (unpaired) electrons. The number of benzene rings is 2. The molecular weight excluding hydrogens is 288 g/mol. The molecule has 0 spiro atoms. The molecule has 0 aliphatic rings. The Bertz CT molecular complexity index is 735. The van der Waals surface area contributed by atoms with Gasteiger partial charge in [-0.15, -0.1) is 0 Å². The fraction of sp³-hybridized carbons (Fsp3) is 0.250. The highest BCUT2D eigenvalue weighted by molar-refractivity contribution is 6.01. The van der Waals surface area contributed by atoms with E-state index in [4.69, 9.17) is 18.9 Å². The van der Waals surface area contributed by atoms with Gasteiger partial charge in [0.2, 0.25) is 0 Å². The second kappa shape index (κ2) is 6.34. The van der Waals surface area contributed by atoms with Gasteiger partial charge in [-0.25, -0.2) is 0 Å². The Hall–Kier alpha value is -2.76. The molecule has 0 aliphatic carbocycles. The molecule has 116 valence electrons. The topological polar surface area (TPSA) is 71.1 Å². The zero-order chi connectivity index (χ0) is 16.3. The molecule has 2 rings (SSSR count). The predicted molar refractivity (Wildman–Crippen MR) is 79.7 cm³/mol. The molecule has 6 heteroatoms. The molecule has 0 atom stereocenters. The third-order valence-corrected chi connectivity index (χ3v) is 2.96. The van der Waals surface area contributed by atoms with E-state index >= 15 is 0 Å². The highest BCUT2D eigenvalue weighted by Gasteiger charge is 2.20. The zero-order valence-corrected chi connectivity index (χ0v) is 12.8. The summed E-state index contributed by atoms with van der Waals surface area (Å²) in [5, 5.41) is 1.17. The van der Waals surface area contributed by atoms with Crippen LogP contribution in [-0.2, 0) is 9.59 Å². The smallest absolute Gasteiger partial charge is 0.308 e. The highest BCUT2D eigenvalue weighted by Crippen LogP contribution is 2.44. The number of hydrogen-bond acceptors (Lipinski definition) is 6. The molecule has 22 heavy (non-hydrogen) atoms. The van der Waals surface area contributed by atoms with Crippen molar-refractivity contribution in [2.45, 2.75) is 13.8 Å². The lowest BCUT2D eigenvalue weighted by Gasteiger charge is -2.15. The minimum atomic E-state index is -0.536. The Kier molecular flexibility index (Phi) is 4.50.